The molecule has 1 heterocycles. The zero-order valence-electron chi connectivity index (χ0n) is 14.5. The number of rotatable bonds is 4. The number of halogens is 1. The van der Waals surface area contributed by atoms with E-state index in [0.29, 0.717) is 18.1 Å². The van der Waals surface area contributed by atoms with E-state index in [1.807, 2.05) is 36.2 Å². The normalized spacial score (nSPS) is 15.5. The zero-order chi connectivity index (χ0) is 18.7. The third-order valence-electron chi connectivity index (χ3n) is 3.43. The van der Waals surface area contributed by atoms with Gasteiger partial charge in [0.15, 0.2) is 0 Å². The first-order valence-electron chi connectivity index (χ1n) is 7.67. The van der Waals surface area contributed by atoms with E-state index in [2.05, 4.69) is 35.0 Å². The summed E-state index contributed by atoms with van der Waals surface area (Å²) < 4.78 is 12.4. The number of nitrogens with zero attached hydrogens (tertiary/aromatic N) is 2. The standard InChI is InChI=1S/C18H20FN3O.C2H2/c1-20-18-15(9-10-19)13-16(21-18)6-3-14-4-7-17(8-5-14)22(2)11-12-23;1-2/h4-5,7-9,13,23H,10-12H2,1-2H3,(H,20,21);1-2H/b15-9-;. The molecule has 0 bridgehead atoms. The first-order chi connectivity index (χ1) is 12.2. The monoisotopic (exact) mass is 339 g/mol. The minimum atomic E-state index is -0.532. The Kier molecular flexibility index (Phi) is 8.57. The average Bonchev–Trinajstić information content (AvgIpc) is 3.04. The number of likely N-dealkylation sites (N-methyl/N-ethyl adjacent to an activating group) is 1. The summed E-state index contributed by atoms with van der Waals surface area (Å²) >= 11 is 0. The van der Waals surface area contributed by atoms with Gasteiger partial charge in [0.2, 0.25) is 0 Å². The van der Waals surface area contributed by atoms with Crippen LogP contribution in [0, 0.1) is 24.7 Å². The van der Waals surface area contributed by atoms with Gasteiger partial charge in [-0.15, -0.1) is 12.8 Å². The molecule has 25 heavy (non-hydrogen) atoms. The third-order valence-corrected chi connectivity index (χ3v) is 3.43. The van der Waals surface area contributed by atoms with Crippen LogP contribution in [0.3, 0.4) is 0 Å². The van der Waals surface area contributed by atoms with Crippen molar-refractivity contribution in [3.63, 3.8) is 0 Å². The highest BCUT2D eigenvalue weighted by Crippen LogP contribution is 2.14. The van der Waals surface area contributed by atoms with Crippen molar-refractivity contribution in [3.05, 3.63) is 53.3 Å². The van der Waals surface area contributed by atoms with Gasteiger partial charge in [-0.2, -0.15) is 0 Å². The molecule has 130 valence electrons. The highest BCUT2D eigenvalue weighted by molar-refractivity contribution is 6.05. The number of aliphatic imine (C=N–C) groups is 1. The van der Waals surface area contributed by atoms with Crippen LogP contribution in [0.25, 0.3) is 0 Å². The Bertz CT molecular complexity index is 734. The molecule has 1 aromatic carbocycles. The number of amidine groups is 1. The van der Waals surface area contributed by atoms with Crippen molar-refractivity contribution in [2.75, 3.05) is 38.8 Å². The van der Waals surface area contributed by atoms with E-state index < -0.39 is 6.67 Å². The minimum absolute atomic E-state index is 0.119. The molecule has 0 atom stereocenters. The highest BCUT2D eigenvalue weighted by atomic mass is 19.1. The molecule has 0 unspecified atom stereocenters. The molecule has 5 heteroatoms. The van der Waals surface area contributed by atoms with Gasteiger partial charge in [0.05, 0.1) is 12.3 Å². The van der Waals surface area contributed by atoms with Crippen LogP contribution in [0.1, 0.15) is 5.56 Å². The average molecular weight is 339 g/mol. The van der Waals surface area contributed by atoms with Crippen LogP contribution in [0.5, 0.6) is 0 Å². The lowest BCUT2D eigenvalue weighted by Gasteiger charge is -2.17. The molecule has 1 aromatic rings. The summed E-state index contributed by atoms with van der Waals surface area (Å²) in [5.74, 6) is 6.73. The number of aliphatic hydroxyl groups is 1. The molecule has 0 amide bonds. The maximum atomic E-state index is 12.4. The van der Waals surface area contributed by atoms with Crippen molar-refractivity contribution in [1.82, 2.24) is 5.32 Å². The number of terminal acetylenes is 1. The smallest absolute Gasteiger partial charge is 0.132 e. The molecule has 0 spiro atoms. The summed E-state index contributed by atoms with van der Waals surface area (Å²) in [5.41, 5.74) is 3.33. The number of hydrogen-bond donors (Lipinski definition) is 2. The van der Waals surface area contributed by atoms with Gasteiger partial charge in [0.25, 0.3) is 0 Å². The van der Waals surface area contributed by atoms with Crippen LogP contribution < -0.4 is 10.2 Å². The quantitative estimate of drug-likeness (QED) is 0.826. The molecular formula is C20H22FN3O. The molecule has 0 aliphatic carbocycles. The van der Waals surface area contributed by atoms with Crippen molar-refractivity contribution in [1.29, 1.82) is 0 Å². The molecule has 1 aliphatic rings. The number of benzene rings is 1. The van der Waals surface area contributed by atoms with E-state index in [9.17, 15) is 4.39 Å². The van der Waals surface area contributed by atoms with E-state index in [-0.39, 0.29) is 6.61 Å². The molecular weight excluding hydrogens is 317 g/mol. The van der Waals surface area contributed by atoms with Gasteiger partial charge < -0.3 is 15.3 Å². The molecule has 0 aromatic heterocycles. The lowest BCUT2D eigenvalue weighted by Crippen LogP contribution is -2.20. The fraction of sp³-hybridized carbons (Fsp3) is 0.250. The Labute approximate surface area is 148 Å². The largest absolute Gasteiger partial charge is 0.395 e. The van der Waals surface area contributed by atoms with Crippen molar-refractivity contribution in [2.45, 2.75) is 0 Å². The Morgan fingerprint density at radius 2 is 1.96 bits per heavy atom. The maximum Gasteiger partial charge on any atom is 0.132 e. The van der Waals surface area contributed by atoms with E-state index in [0.717, 1.165) is 16.8 Å². The molecule has 0 radical (unpaired) electrons. The van der Waals surface area contributed by atoms with Crippen molar-refractivity contribution >= 4 is 11.5 Å². The Balaban J connectivity index is 0.00000151. The lowest BCUT2D eigenvalue weighted by atomic mass is 10.2. The molecule has 0 saturated heterocycles. The number of alkyl halides is 1. The van der Waals surface area contributed by atoms with Crippen LogP contribution in [0.15, 0.2) is 52.7 Å². The minimum Gasteiger partial charge on any atom is -0.395 e. The predicted molar refractivity (Wildman–Crippen MR) is 102 cm³/mol. The number of anilines is 1. The summed E-state index contributed by atoms with van der Waals surface area (Å²) in [6.45, 7) is 0.175. The van der Waals surface area contributed by atoms with Gasteiger partial charge in [-0.25, -0.2) is 4.39 Å². The topological polar surface area (TPSA) is 47.9 Å². The molecule has 0 saturated carbocycles. The van der Waals surface area contributed by atoms with Gasteiger partial charge in [0, 0.05) is 37.5 Å². The fourth-order valence-electron chi connectivity index (χ4n) is 2.17. The van der Waals surface area contributed by atoms with Crippen molar-refractivity contribution < 1.29 is 9.50 Å². The van der Waals surface area contributed by atoms with Crippen molar-refractivity contribution in [2.24, 2.45) is 4.99 Å². The Morgan fingerprint density at radius 1 is 1.28 bits per heavy atom. The van der Waals surface area contributed by atoms with Crippen molar-refractivity contribution in [3.8, 4) is 24.7 Å². The SMILES string of the molecule is C#C.CN=C1NC(C#Cc2ccc(N(C)CCO)cc2)=C/C1=C/CF. The van der Waals surface area contributed by atoms with Gasteiger partial charge in [0.1, 0.15) is 12.5 Å². The van der Waals surface area contributed by atoms with E-state index in [1.54, 1.807) is 13.1 Å². The zero-order valence-corrected chi connectivity index (χ0v) is 14.5. The number of hydrogen-bond acceptors (Lipinski definition) is 3. The second-order valence-electron chi connectivity index (χ2n) is 5.01. The van der Waals surface area contributed by atoms with Crippen LogP contribution in [-0.4, -0.2) is 44.9 Å². The van der Waals surface area contributed by atoms with Crippen LogP contribution in [0.4, 0.5) is 10.1 Å². The predicted octanol–water partition coefficient (Wildman–Crippen LogP) is 2.13. The fourth-order valence-corrected chi connectivity index (χ4v) is 2.17. The second-order valence-corrected chi connectivity index (χ2v) is 5.01. The summed E-state index contributed by atoms with van der Waals surface area (Å²) in [7, 11) is 3.58. The summed E-state index contributed by atoms with van der Waals surface area (Å²) in [5, 5.41) is 12.0. The Hall–Kier alpha value is -3.02. The number of allylic oxidation sites excluding steroid dienone is 2. The first kappa shape index (κ1) is 20.0. The van der Waals surface area contributed by atoms with Crippen LogP contribution in [0.2, 0.25) is 0 Å². The first-order valence-corrected chi connectivity index (χ1v) is 7.67. The van der Waals surface area contributed by atoms with Crippen LogP contribution in [-0.2, 0) is 0 Å². The van der Waals surface area contributed by atoms with Gasteiger partial charge in [-0.05, 0) is 42.3 Å². The summed E-state index contributed by atoms with van der Waals surface area (Å²) in [4.78, 5) is 6.03. The van der Waals surface area contributed by atoms with Gasteiger partial charge in [-0.1, -0.05) is 5.92 Å². The second kappa shape index (κ2) is 10.7. The summed E-state index contributed by atoms with van der Waals surface area (Å²) in [6, 6.07) is 7.78. The van der Waals surface area contributed by atoms with E-state index in [1.165, 1.54) is 6.08 Å². The lowest BCUT2D eigenvalue weighted by molar-refractivity contribution is 0.304. The summed E-state index contributed by atoms with van der Waals surface area (Å²) in [6.07, 6.45) is 11.3. The van der Waals surface area contributed by atoms with Gasteiger partial charge in [-0.3, -0.25) is 4.99 Å². The molecule has 0 fully saturated rings. The molecule has 4 nitrogen and oxygen atoms in total. The third kappa shape index (κ3) is 5.84. The number of nitrogens with one attached hydrogen (secondary N) is 1. The van der Waals surface area contributed by atoms with E-state index in [4.69, 9.17) is 5.11 Å². The van der Waals surface area contributed by atoms with E-state index >= 15 is 0 Å². The number of aliphatic hydroxyl groups excluding tert-OH is 1. The molecule has 2 rings (SSSR count). The maximum absolute atomic E-state index is 12.4. The Morgan fingerprint density at radius 3 is 2.52 bits per heavy atom. The highest BCUT2D eigenvalue weighted by Gasteiger charge is 2.13. The molecule has 2 N–H and O–H groups in total. The van der Waals surface area contributed by atoms with Gasteiger partial charge >= 0.3 is 0 Å². The molecule has 1 aliphatic heterocycles. The van der Waals surface area contributed by atoms with Crippen LogP contribution >= 0.6 is 0 Å².